The van der Waals surface area contributed by atoms with Crippen molar-refractivity contribution in [3.63, 3.8) is 0 Å². The lowest BCUT2D eigenvalue weighted by atomic mass is 10.4. The van der Waals surface area contributed by atoms with Crippen molar-refractivity contribution >= 4 is 23.8 Å². The molecule has 0 bridgehead atoms. The van der Waals surface area contributed by atoms with Gasteiger partial charge in [0.05, 0.1) is 52.7 Å². The molecule has 0 spiro atoms. The van der Waals surface area contributed by atoms with Gasteiger partial charge < -0.3 is 29.6 Å². The van der Waals surface area contributed by atoms with E-state index in [4.69, 9.17) is 18.9 Å². The van der Waals surface area contributed by atoms with Crippen molar-refractivity contribution in [1.29, 1.82) is 0 Å². The highest BCUT2D eigenvalue weighted by Gasteiger charge is 2.15. The molecule has 1 saturated heterocycles. The molecular formula is C20H36N4O8. The van der Waals surface area contributed by atoms with E-state index in [0.29, 0.717) is 52.6 Å². The van der Waals surface area contributed by atoms with Crippen molar-refractivity contribution in [1.82, 2.24) is 20.4 Å². The van der Waals surface area contributed by atoms with E-state index in [2.05, 4.69) is 10.6 Å². The molecule has 12 nitrogen and oxygen atoms in total. The van der Waals surface area contributed by atoms with Crippen molar-refractivity contribution in [3.8, 4) is 0 Å². The van der Waals surface area contributed by atoms with Gasteiger partial charge in [-0.15, -0.1) is 0 Å². The summed E-state index contributed by atoms with van der Waals surface area (Å²) in [5, 5.41) is 5.08. The van der Waals surface area contributed by atoms with E-state index < -0.39 is 11.9 Å². The standard InChI is InChI=1S/C20H36N4O8/c1-3-31-19(27)13-21-17(25)15-23-5-9-29-11-7-24(8-12-30-10-6-23)16-18(26)22-14-20(28)32-4-2/h3-16H2,1-2H3,(H,21,25)(H,22,26). The molecule has 2 amide bonds. The topological polar surface area (TPSA) is 136 Å². The highest BCUT2D eigenvalue weighted by molar-refractivity contribution is 5.83. The SMILES string of the molecule is CCOC(=O)CNC(=O)CN1CCOCCN(CC(=O)NCC(=O)OCC)CCOCC1. The lowest BCUT2D eigenvalue weighted by Crippen LogP contribution is -2.44. The minimum absolute atomic E-state index is 0.124. The maximum atomic E-state index is 12.1. The molecule has 184 valence electrons. The van der Waals surface area contributed by atoms with Crippen molar-refractivity contribution in [2.75, 3.05) is 92.0 Å². The first-order valence-electron chi connectivity index (χ1n) is 10.9. The number of ether oxygens (including phenoxy) is 4. The quantitative estimate of drug-likeness (QED) is 0.352. The minimum atomic E-state index is -0.472. The molecule has 0 aliphatic carbocycles. The van der Waals surface area contributed by atoms with Crippen LogP contribution in [-0.2, 0) is 38.1 Å². The summed E-state index contributed by atoms with van der Waals surface area (Å²) < 4.78 is 20.9. The number of hydrogen-bond acceptors (Lipinski definition) is 10. The molecule has 2 N–H and O–H groups in total. The van der Waals surface area contributed by atoms with Crippen LogP contribution in [0.3, 0.4) is 0 Å². The number of nitrogens with zero attached hydrogens (tertiary/aromatic N) is 2. The summed E-state index contributed by atoms with van der Waals surface area (Å²) in [5.74, 6) is -1.49. The maximum Gasteiger partial charge on any atom is 0.325 e. The number of esters is 2. The van der Waals surface area contributed by atoms with Gasteiger partial charge in [0.2, 0.25) is 11.8 Å². The number of amides is 2. The van der Waals surface area contributed by atoms with E-state index >= 15 is 0 Å². The Kier molecular flexibility index (Phi) is 15.0. The van der Waals surface area contributed by atoms with Crippen LogP contribution in [0.15, 0.2) is 0 Å². The summed E-state index contributed by atoms with van der Waals surface area (Å²) in [7, 11) is 0. The van der Waals surface area contributed by atoms with Gasteiger partial charge in [0.1, 0.15) is 13.1 Å². The van der Waals surface area contributed by atoms with E-state index in [1.807, 2.05) is 9.80 Å². The van der Waals surface area contributed by atoms with Crippen molar-refractivity contribution in [2.24, 2.45) is 0 Å². The number of carbonyl (C=O) groups excluding carboxylic acids is 4. The fraction of sp³-hybridized carbons (Fsp3) is 0.800. The predicted octanol–water partition coefficient (Wildman–Crippen LogP) is -2.00. The van der Waals surface area contributed by atoms with Crippen molar-refractivity contribution in [2.45, 2.75) is 13.8 Å². The normalized spacial score (nSPS) is 16.8. The van der Waals surface area contributed by atoms with Crippen LogP contribution in [0.1, 0.15) is 13.8 Å². The third-order valence-electron chi connectivity index (χ3n) is 4.41. The zero-order valence-electron chi connectivity index (χ0n) is 19.1. The largest absolute Gasteiger partial charge is 0.465 e. The highest BCUT2D eigenvalue weighted by Crippen LogP contribution is 1.96. The predicted molar refractivity (Wildman–Crippen MR) is 114 cm³/mol. The van der Waals surface area contributed by atoms with Crippen molar-refractivity contribution in [3.05, 3.63) is 0 Å². The zero-order chi connectivity index (χ0) is 23.6. The maximum absolute atomic E-state index is 12.1. The molecule has 1 rings (SSSR count). The lowest BCUT2D eigenvalue weighted by molar-refractivity contribution is -0.144. The van der Waals surface area contributed by atoms with Crippen LogP contribution in [0.5, 0.6) is 0 Å². The molecule has 12 heteroatoms. The molecule has 0 atom stereocenters. The number of rotatable bonds is 10. The molecule has 0 unspecified atom stereocenters. The van der Waals surface area contributed by atoms with E-state index in [9.17, 15) is 19.2 Å². The lowest BCUT2D eigenvalue weighted by Gasteiger charge is -2.25. The highest BCUT2D eigenvalue weighted by atomic mass is 16.5. The average Bonchev–Trinajstić information content (AvgIpc) is 2.74. The summed E-state index contributed by atoms with van der Waals surface area (Å²) in [6.45, 7) is 7.62. The fourth-order valence-electron chi connectivity index (χ4n) is 2.80. The molecule has 0 aromatic heterocycles. The Morgan fingerprint density at radius 3 is 1.34 bits per heavy atom. The second-order valence-corrected chi connectivity index (χ2v) is 6.94. The smallest absolute Gasteiger partial charge is 0.325 e. The molecule has 1 heterocycles. The van der Waals surface area contributed by atoms with Gasteiger partial charge in [-0.1, -0.05) is 0 Å². The number of hydrogen-bond donors (Lipinski definition) is 2. The Hall–Kier alpha value is -2.28. The minimum Gasteiger partial charge on any atom is -0.465 e. The third-order valence-corrected chi connectivity index (χ3v) is 4.41. The fourth-order valence-corrected chi connectivity index (χ4v) is 2.80. The first kappa shape index (κ1) is 27.8. The van der Waals surface area contributed by atoms with Crippen LogP contribution < -0.4 is 10.6 Å². The number of carbonyl (C=O) groups is 4. The van der Waals surface area contributed by atoms with Gasteiger partial charge in [0.15, 0.2) is 0 Å². The Morgan fingerprint density at radius 1 is 0.688 bits per heavy atom. The van der Waals surface area contributed by atoms with Gasteiger partial charge >= 0.3 is 11.9 Å². The molecule has 0 aromatic rings. The van der Waals surface area contributed by atoms with E-state index in [1.54, 1.807) is 13.8 Å². The molecule has 1 aliphatic heterocycles. The van der Waals surface area contributed by atoms with Crippen LogP contribution in [0.4, 0.5) is 0 Å². The van der Waals surface area contributed by atoms with Gasteiger partial charge in [-0.3, -0.25) is 29.0 Å². The van der Waals surface area contributed by atoms with Gasteiger partial charge in [-0.2, -0.15) is 0 Å². The Labute approximate surface area is 188 Å². The Bertz CT molecular complexity index is 528. The first-order valence-corrected chi connectivity index (χ1v) is 10.9. The summed E-state index contributed by atoms with van der Waals surface area (Å²) in [4.78, 5) is 50.6. The van der Waals surface area contributed by atoms with Crippen LogP contribution >= 0.6 is 0 Å². The van der Waals surface area contributed by atoms with E-state index in [1.165, 1.54) is 0 Å². The summed E-state index contributed by atoms with van der Waals surface area (Å²) in [6, 6.07) is 0. The molecule has 0 saturated carbocycles. The molecular weight excluding hydrogens is 424 g/mol. The Morgan fingerprint density at radius 2 is 1.03 bits per heavy atom. The average molecular weight is 461 g/mol. The van der Waals surface area contributed by atoms with E-state index in [0.717, 1.165) is 0 Å². The van der Waals surface area contributed by atoms with Gasteiger partial charge in [-0.25, -0.2) is 0 Å². The molecule has 0 radical (unpaired) electrons. The van der Waals surface area contributed by atoms with Crippen molar-refractivity contribution < 1.29 is 38.1 Å². The van der Waals surface area contributed by atoms with E-state index in [-0.39, 0.29) is 51.2 Å². The molecule has 1 fully saturated rings. The zero-order valence-corrected chi connectivity index (χ0v) is 19.1. The number of nitrogens with one attached hydrogen (secondary N) is 2. The second kappa shape index (κ2) is 17.3. The van der Waals surface area contributed by atoms with Gasteiger partial charge in [0.25, 0.3) is 0 Å². The van der Waals surface area contributed by atoms with Crippen LogP contribution in [0, 0.1) is 0 Å². The summed E-state index contributed by atoms with van der Waals surface area (Å²) in [5.41, 5.74) is 0. The van der Waals surface area contributed by atoms with Crippen LogP contribution in [0.2, 0.25) is 0 Å². The van der Waals surface area contributed by atoms with Crippen LogP contribution in [-0.4, -0.2) is 126 Å². The Balaban J connectivity index is 2.35. The molecule has 1 aliphatic rings. The van der Waals surface area contributed by atoms with Gasteiger partial charge in [-0.05, 0) is 13.8 Å². The molecule has 32 heavy (non-hydrogen) atoms. The van der Waals surface area contributed by atoms with Gasteiger partial charge in [0, 0.05) is 26.2 Å². The summed E-state index contributed by atoms with van der Waals surface area (Å²) >= 11 is 0. The monoisotopic (exact) mass is 460 g/mol. The molecule has 0 aromatic carbocycles. The second-order valence-electron chi connectivity index (χ2n) is 6.94. The first-order chi connectivity index (χ1) is 15.4. The third kappa shape index (κ3) is 13.9. The van der Waals surface area contributed by atoms with Crippen LogP contribution in [0.25, 0.3) is 0 Å². The summed E-state index contributed by atoms with van der Waals surface area (Å²) in [6.07, 6.45) is 0.